The highest BCUT2D eigenvalue weighted by molar-refractivity contribution is 7.99. The van der Waals surface area contributed by atoms with Crippen LogP contribution in [0.3, 0.4) is 0 Å². The van der Waals surface area contributed by atoms with E-state index >= 15 is 0 Å². The Morgan fingerprint density at radius 1 is 1.10 bits per heavy atom. The van der Waals surface area contributed by atoms with E-state index in [0.29, 0.717) is 5.69 Å². The van der Waals surface area contributed by atoms with Crippen LogP contribution in [0.2, 0.25) is 0 Å². The number of aromatic nitrogens is 4. The van der Waals surface area contributed by atoms with E-state index in [9.17, 15) is 22.8 Å². The third kappa shape index (κ3) is 4.31. The number of benzene rings is 2. The summed E-state index contributed by atoms with van der Waals surface area (Å²) in [4.78, 5) is 29.7. The number of nitrogens with one attached hydrogen (secondary N) is 2. The van der Waals surface area contributed by atoms with Crippen molar-refractivity contribution in [1.29, 1.82) is 0 Å². The van der Waals surface area contributed by atoms with Gasteiger partial charge in [-0.2, -0.15) is 18.3 Å². The number of halogens is 3. The van der Waals surface area contributed by atoms with E-state index in [2.05, 4.69) is 20.5 Å². The molecule has 158 valence electrons. The second-order valence-electron chi connectivity index (χ2n) is 6.38. The van der Waals surface area contributed by atoms with Crippen molar-refractivity contribution in [1.82, 2.24) is 19.7 Å². The minimum Gasteiger partial charge on any atom is -0.325 e. The van der Waals surface area contributed by atoms with Gasteiger partial charge in [0, 0.05) is 0 Å². The maximum atomic E-state index is 13.1. The molecule has 1 amide bonds. The molecule has 4 aromatic rings. The zero-order chi connectivity index (χ0) is 22.0. The van der Waals surface area contributed by atoms with Gasteiger partial charge in [0.2, 0.25) is 5.91 Å². The molecule has 7 nitrogen and oxygen atoms in total. The Labute approximate surface area is 177 Å². The Hall–Kier alpha value is -3.60. The van der Waals surface area contributed by atoms with Crippen LogP contribution in [0.25, 0.3) is 16.7 Å². The van der Waals surface area contributed by atoms with Gasteiger partial charge in [0.25, 0.3) is 5.56 Å². The van der Waals surface area contributed by atoms with Gasteiger partial charge in [0.15, 0.2) is 10.8 Å². The second-order valence-corrected chi connectivity index (χ2v) is 7.33. The predicted molar refractivity (Wildman–Crippen MR) is 110 cm³/mol. The SMILES string of the molecule is O=C(CSc1nc2[nH]ncc2c(=O)n1-c1ccccc1)Nc1ccccc1C(F)(F)F. The summed E-state index contributed by atoms with van der Waals surface area (Å²) in [6.07, 6.45) is -3.24. The number of rotatable bonds is 5. The fourth-order valence-electron chi connectivity index (χ4n) is 2.93. The number of carbonyl (C=O) groups is 1. The molecule has 2 heterocycles. The van der Waals surface area contributed by atoms with E-state index < -0.39 is 17.6 Å². The maximum absolute atomic E-state index is 13.1. The highest BCUT2D eigenvalue weighted by Crippen LogP contribution is 2.34. The van der Waals surface area contributed by atoms with Crippen LogP contribution in [-0.4, -0.2) is 31.4 Å². The lowest BCUT2D eigenvalue weighted by Gasteiger charge is -2.14. The molecule has 0 atom stereocenters. The van der Waals surface area contributed by atoms with Gasteiger partial charge < -0.3 is 5.32 Å². The molecule has 11 heteroatoms. The first-order chi connectivity index (χ1) is 14.8. The van der Waals surface area contributed by atoms with Gasteiger partial charge in [-0.25, -0.2) is 4.98 Å². The molecule has 0 saturated heterocycles. The van der Waals surface area contributed by atoms with Crippen LogP contribution < -0.4 is 10.9 Å². The number of thioether (sulfide) groups is 1. The molecule has 2 aromatic heterocycles. The standard InChI is InChI=1S/C20H14F3N5O2S/c21-20(22,23)14-8-4-5-9-15(14)25-16(29)11-31-19-26-17-13(10-24-27-17)18(30)28(19)12-6-2-1-3-7-12/h1-10H,11H2,(H,24,27)(H,25,29). The molecule has 0 aliphatic rings. The van der Waals surface area contributed by atoms with Crippen LogP contribution in [0.5, 0.6) is 0 Å². The minimum absolute atomic E-state index is 0.201. The van der Waals surface area contributed by atoms with E-state index in [1.54, 1.807) is 30.3 Å². The molecular weight excluding hydrogens is 431 g/mol. The number of carbonyl (C=O) groups excluding carboxylic acids is 1. The molecule has 31 heavy (non-hydrogen) atoms. The van der Waals surface area contributed by atoms with Gasteiger partial charge in [0.1, 0.15) is 5.39 Å². The number of para-hydroxylation sites is 2. The van der Waals surface area contributed by atoms with Gasteiger partial charge >= 0.3 is 6.18 Å². The summed E-state index contributed by atoms with van der Waals surface area (Å²) >= 11 is 0.926. The summed E-state index contributed by atoms with van der Waals surface area (Å²) in [6.45, 7) is 0. The number of aromatic amines is 1. The topological polar surface area (TPSA) is 92.7 Å². The Balaban J connectivity index is 1.62. The van der Waals surface area contributed by atoms with Crippen LogP contribution in [0.4, 0.5) is 18.9 Å². The smallest absolute Gasteiger partial charge is 0.325 e. The van der Waals surface area contributed by atoms with Crippen molar-refractivity contribution < 1.29 is 18.0 Å². The molecule has 0 aliphatic heterocycles. The van der Waals surface area contributed by atoms with Gasteiger partial charge in [-0.1, -0.05) is 42.1 Å². The lowest BCUT2D eigenvalue weighted by atomic mass is 10.1. The largest absolute Gasteiger partial charge is 0.418 e. The monoisotopic (exact) mass is 445 g/mol. The molecule has 0 unspecified atom stereocenters. The molecule has 4 rings (SSSR count). The van der Waals surface area contributed by atoms with E-state index in [-0.39, 0.29) is 33.2 Å². The average Bonchev–Trinajstić information content (AvgIpc) is 3.21. The minimum atomic E-state index is -4.60. The van der Waals surface area contributed by atoms with Crippen LogP contribution in [0.1, 0.15) is 5.56 Å². The van der Waals surface area contributed by atoms with Crippen LogP contribution in [0.15, 0.2) is 70.7 Å². The van der Waals surface area contributed by atoms with Gasteiger partial charge in [-0.05, 0) is 24.3 Å². The molecule has 2 N–H and O–H groups in total. The van der Waals surface area contributed by atoms with Gasteiger partial charge in [0.05, 0.1) is 28.9 Å². The van der Waals surface area contributed by atoms with Crippen molar-refractivity contribution in [2.75, 3.05) is 11.1 Å². The number of nitrogens with zero attached hydrogens (tertiary/aromatic N) is 3. The van der Waals surface area contributed by atoms with Gasteiger partial charge in [-0.15, -0.1) is 0 Å². The molecule has 0 aliphatic carbocycles. The highest BCUT2D eigenvalue weighted by Gasteiger charge is 2.33. The zero-order valence-corrected chi connectivity index (χ0v) is 16.5. The van der Waals surface area contributed by atoms with Gasteiger partial charge in [-0.3, -0.25) is 19.3 Å². The van der Waals surface area contributed by atoms with E-state index in [1.807, 2.05) is 0 Å². The van der Waals surface area contributed by atoms with Crippen molar-refractivity contribution >= 4 is 34.4 Å². The summed E-state index contributed by atoms with van der Waals surface area (Å²) in [5.74, 6) is -0.925. The van der Waals surface area contributed by atoms with Crippen molar-refractivity contribution in [2.45, 2.75) is 11.3 Å². The number of alkyl halides is 3. The molecule has 0 radical (unpaired) electrons. The summed E-state index contributed by atoms with van der Waals surface area (Å²) < 4.78 is 40.7. The normalized spacial score (nSPS) is 11.6. The fraction of sp³-hybridized carbons (Fsp3) is 0.100. The zero-order valence-electron chi connectivity index (χ0n) is 15.7. The Morgan fingerprint density at radius 3 is 2.55 bits per heavy atom. The Morgan fingerprint density at radius 2 is 1.81 bits per heavy atom. The first-order valence-corrected chi connectivity index (χ1v) is 9.93. The lowest BCUT2D eigenvalue weighted by molar-refractivity contribution is -0.137. The van der Waals surface area contributed by atoms with Crippen molar-refractivity contribution in [2.24, 2.45) is 0 Å². The van der Waals surface area contributed by atoms with E-state index in [1.165, 1.54) is 29.0 Å². The van der Waals surface area contributed by atoms with Crippen molar-refractivity contribution in [3.63, 3.8) is 0 Å². The van der Waals surface area contributed by atoms with Crippen LogP contribution >= 0.6 is 11.8 Å². The van der Waals surface area contributed by atoms with E-state index in [0.717, 1.165) is 17.8 Å². The predicted octanol–water partition coefficient (Wildman–Crippen LogP) is 3.86. The number of anilines is 1. The fourth-order valence-corrected chi connectivity index (χ4v) is 3.74. The van der Waals surface area contributed by atoms with Crippen LogP contribution in [0, 0.1) is 0 Å². The number of hydrogen-bond donors (Lipinski definition) is 2. The summed E-state index contributed by atoms with van der Waals surface area (Å²) in [6, 6.07) is 13.4. The number of H-pyrrole nitrogens is 1. The molecule has 2 aromatic carbocycles. The molecule has 0 spiro atoms. The maximum Gasteiger partial charge on any atom is 0.418 e. The lowest BCUT2D eigenvalue weighted by Crippen LogP contribution is -2.23. The number of hydrogen-bond acceptors (Lipinski definition) is 5. The summed E-state index contributed by atoms with van der Waals surface area (Å²) in [5.41, 5.74) is -0.865. The Kier molecular flexibility index (Phi) is 5.51. The summed E-state index contributed by atoms with van der Waals surface area (Å²) in [5, 5.41) is 9.20. The Bertz CT molecular complexity index is 1300. The first kappa shape index (κ1) is 20.7. The molecule has 0 bridgehead atoms. The second kappa shape index (κ2) is 8.26. The van der Waals surface area contributed by atoms with Crippen LogP contribution in [-0.2, 0) is 11.0 Å². The summed E-state index contributed by atoms with van der Waals surface area (Å²) in [7, 11) is 0. The third-order valence-corrected chi connectivity index (χ3v) is 5.24. The first-order valence-electron chi connectivity index (χ1n) is 8.95. The number of fused-ring (bicyclic) bond motifs is 1. The molecule has 0 fully saturated rings. The van der Waals surface area contributed by atoms with Crippen molar-refractivity contribution in [3.8, 4) is 5.69 Å². The average molecular weight is 445 g/mol. The quantitative estimate of drug-likeness (QED) is 0.360. The van der Waals surface area contributed by atoms with Crippen molar-refractivity contribution in [3.05, 3.63) is 76.7 Å². The molecular formula is C20H14F3N5O2S. The number of amides is 1. The highest BCUT2D eigenvalue weighted by atomic mass is 32.2. The third-order valence-electron chi connectivity index (χ3n) is 4.30. The van der Waals surface area contributed by atoms with E-state index in [4.69, 9.17) is 0 Å². The molecule has 0 saturated carbocycles.